The lowest BCUT2D eigenvalue weighted by atomic mass is 10.2. The summed E-state index contributed by atoms with van der Waals surface area (Å²) in [7, 11) is -1.22. The van der Waals surface area contributed by atoms with Crippen molar-refractivity contribution in [3.8, 4) is 0 Å². The predicted molar refractivity (Wildman–Crippen MR) is 74.2 cm³/mol. The van der Waals surface area contributed by atoms with E-state index in [2.05, 4.69) is 49.2 Å². The molecule has 4 heteroatoms. The summed E-state index contributed by atoms with van der Waals surface area (Å²) in [6.45, 7) is 7.58. The minimum absolute atomic E-state index is 0.0382. The summed E-state index contributed by atoms with van der Waals surface area (Å²) in [4.78, 5) is 0. The van der Waals surface area contributed by atoms with Crippen LogP contribution >= 0.6 is 0 Å². The maximum absolute atomic E-state index is 8.94. The molecule has 0 aliphatic rings. The molecular weight excluding hydrogens is 230 g/mol. The molecule has 0 bridgehead atoms. The zero-order valence-electron chi connectivity index (χ0n) is 10.9. The van der Waals surface area contributed by atoms with Crippen LogP contribution < -0.4 is 10.5 Å². The topological polar surface area (TPSA) is 52.5 Å². The number of aliphatic hydroxyl groups is 2. The molecule has 0 fully saturated rings. The monoisotopic (exact) mass is 253 g/mol. The summed E-state index contributed by atoms with van der Waals surface area (Å²) in [5, 5.41) is 22.4. The first-order valence-electron chi connectivity index (χ1n) is 6.02. The number of benzene rings is 1. The van der Waals surface area contributed by atoms with Crippen LogP contribution in [0, 0.1) is 0 Å². The van der Waals surface area contributed by atoms with Gasteiger partial charge in [-0.15, -0.1) is 0 Å². The molecule has 17 heavy (non-hydrogen) atoms. The van der Waals surface area contributed by atoms with Crippen molar-refractivity contribution in [3.05, 3.63) is 29.8 Å². The molecule has 3 N–H and O–H groups in total. The first-order chi connectivity index (χ1) is 7.97. The molecule has 0 atom stereocenters. The first kappa shape index (κ1) is 14.4. The number of aliphatic hydroxyl groups excluding tert-OH is 2. The Bertz CT molecular complexity index is 328. The number of rotatable bonds is 6. The number of nitrogens with one attached hydrogen (secondary N) is 1. The lowest BCUT2D eigenvalue weighted by molar-refractivity contribution is 0.170. The van der Waals surface area contributed by atoms with E-state index >= 15 is 0 Å². The van der Waals surface area contributed by atoms with Gasteiger partial charge >= 0.3 is 0 Å². The van der Waals surface area contributed by atoms with Crippen LogP contribution in [0.5, 0.6) is 0 Å². The molecule has 0 saturated heterocycles. The van der Waals surface area contributed by atoms with Crippen LogP contribution in [0.2, 0.25) is 19.6 Å². The Morgan fingerprint density at radius 3 is 2.00 bits per heavy atom. The van der Waals surface area contributed by atoms with Crippen LogP contribution in [0.3, 0.4) is 0 Å². The average Bonchev–Trinajstić information content (AvgIpc) is 2.30. The number of hydrogen-bond acceptors (Lipinski definition) is 3. The van der Waals surface area contributed by atoms with Gasteiger partial charge in [-0.3, -0.25) is 0 Å². The summed E-state index contributed by atoms with van der Waals surface area (Å²) in [5.41, 5.74) is 1.18. The van der Waals surface area contributed by atoms with Crippen molar-refractivity contribution in [1.82, 2.24) is 5.32 Å². The second-order valence-corrected chi connectivity index (χ2v) is 10.5. The molecule has 0 radical (unpaired) electrons. The molecule has 0 unspecified atom stereocenters. The molecule has 0 aromatic heterocycles. The highest BCUT2D eigenvalue weighted by Gasteiger charge is 2.15. The smallest absolute Gasteiger partial charge is 0.0775 e. The van der Waals surface area contributed by atoms with E-state index in [1.165, 1.54) is 10.8 Å². The lowest BCUT2D eigenvalue weighted by Gasteiger charge is -2.17. The van der Waals surface area contributed by atoms with E-state index in [9.17, 15) is 0 Å². The predicted octanol–water partition coefficient (Wildman–Crippen LogP) is 0.675. The molecule has 0 amide bonds. The molecule has 1 aromatic carbocycles. The van der Waals surface area contributed by atoms with Crippen molar-refractivity contribution >= 4 is 13.3 Å². The highest BCUT2D eigenvalue weighted by molar-refractivity contribution is 6.88. The quantitative estimate of drug-likeness (QED) is 0.653. The van der Waals surface area contributed by atoms with Crippen molar-refractivity contribution in [2.45, 2.75) is 32.2 Å². The minimum atomic E-state index is -1.22. The molecule has 0 aliphatic carbocycles. The molecule has 96 valence electrons. The van der Waals surface area contributed by atoms with Crippen molar-refractivity contribution < 1.29 is 10.2 Å². The normalized spacial score (nSPS) is 12.1. The zero-order valence-corrected chi connectivity index (χ0v) is 11.9. The van der Waals surface area contributed by atoms with Gasteiger partial charge in [0, 0.05) is 6.54 Å². The Balaban J connectivity index is 2.57. The first-order valence-corrected chi connectivity index (χ1v) is 9.52. The maximum Gasteiger partial charge on any atom is 0.0775 e. The van der Waals surface area contributed by atoms with Crippen LogP contribution in [0.4, 0.5) is 0 Å². The van der Waals surface area contributed by atoms with E-state index in [4.69, 9.17) is 10.2 Å². The van der Waals surface area contributed by atoms with Gasteiger partial charge in [-0.1, -0.05) is 49.1 Å². The van der Waals surface area contributed by atoms with Gasteiger partial charge in [-0.05, 0) is 5.56 Å². The van der Waals surface area contributed by atoms with Crippen LogP contribution in [0.15, 0.2) is 24.3 Å². The summed E-state index contributed by atoms with van der Waals surface area (Å²) in [6, 6.07) is 8.39. The zero-order chi connectivity index (χ0) is 12.9. The van der Waals surface area contributed by atoms with E-state index in [-0.39, 0.29) is 19.3 Å². The van der Waals surface area contributed by atoms with Crippen LogP contribution in [0.1, 0.15) is 5.56 Å². The highest BCUT2D eigenvalue weighted by atomic mass is 28.3. The van der Waals surface area contributed by atoms with Crippen LogP contribution in [-0.4, -0.2) is 37.5 Å². The van der Waals surface area contributed by atoms with Crippen molar-refractivity contribution in [1.29, 1.82) is 0 Å². The van der Waals surface area contributed by atoms with Crippen LogP contribution in [-0.2, 0) is 6.54 Å². The van der Waals surface area contributed by atoms with E-state index in [1.807, 2.05) is 0 Å². The summed E-state index contributed by atoms with van der Waals surface area (Å²) in [6.07, 6.45) is 0. The van der Waals surface area contributed by atoms with E-state index < -0.39 is 8.07 Å². The Labute approximate surface area is 105 Å². The van der Waals surface area contributed by atoms with Gasteiger partial charge in [-0.25, -0.2) is 0 Å². The molecule has 0 heterocycles. The minimum Gasteiger partial charge on any atom is -0.395 e. The lowest BCUT2D eigenvalue weighted by Crippen LogP contribution is -2.38. The van der Waals surface area contributed by atoms with Crippen molar-refractivity contribution in [2.24, 2.45) is 0 Å². The Morgan fingerprint density at radius 1 is 1.06 bits per heavy atom. The largest absolute Gasteiger partial charge is 0.395 e. The fourth-order valence-corrected chi connectivity index (χ4v) is 2.74. The second kappa shape index (κ2) is 6.30. The van der Waals surface area contributed by atoms with Crippen molar-refractivity contribution in [2.75, 3.05) is 13.2 Å². The molecule has 1 aromatic rings. The molecular formula is C13H23NO2Si. The number of hydrogen-bond donors (Lipinski definition) is 3. The van der Waals surface area contributed by atoms with Gasteiger partial charge in [0.05, 0.1) is 27.3 Å². The van der Waals surface area contributed by atoms with Gasteiger partial charge in [0.15, 0.2) is 0 Å². The van der Waals surface area contributed by atoms with Gasteiger partial charge in [0.2, 0.25) is 0 Å². The highest BCUT2D eigenvalue weighted by Crippen LogP contribution is 2.04. The third-order valence-electron chi connectivity index (χ3n) is 2.86. The maximum atomic E-state index is 8.94. The molecule has 1 rings (SSSR count). The molecule has 0 saturated carbocycles. The van der Waals surface area contributed by atoms with Gasteiger partial charge in [-0.2, -0.15) is 0 Å². The molecule has 0 aliphatic heterocycles. The summed E-state index contributed by atoms with van der Waals surface area (Å²) < 4.78 is 0. The van der Waals surface area contributed by atoms with Gasteiger partial charge in [0.1, 0.15) is 0 Å². The fourth-order valence-electron chi connectivity index (χ4n) is 1.57. The Kier molecular flexibility index (Phi) is 5.33. The average molecular weight is 253 g/mol. The van der Waals surface area contributed by atoms with E-state index in [1.54, 1.807) is 0 Å². The molecule has 3 nitrogen and oxygen atoms in total. The second-order valence-electron chi connectivity index (χ2n) is 5.39. The van der Waals surface area contributed by atoms with E-state index in [0.717, 1.165) is 0 Å². The van der Waals surface area contributed by atoms with Crippen LogP contribution in [0.25, 0.3) is 0 Å². The SMILES string of the molecule is C[Si](C)(C)c1ccc(CNC(CO)CO)cc1. The van der Waals surface area contributed by atoms with Gasteiger partial charge < -0.3 is 15.5 Å². The fraction of sp³-hybridized carbons (Fsp3) is 0.538. The third kappa shape index (κ3) is 4.59. The third-order valence-corrected chi connectivity index (χ3v) is 4.92. The molecule has 0 spiro atoms. The Hall–Kier alpha value is -0.683. The van der Waals surface area contributed by atoms with Gasteiger partial charge in [0.25, 0.3) is 0 Å². The summed E-state index contributed by atoms with van der Waals surface area (Å²) in [5.74, 6) is 0. The van der Waals surface area contributed by atoms with Crippen molar-refractivity contribution in [3.63, 3.8) is 0 Å². The van der Waals surface area contributed by atoms with E-state index in [0.29, 0.717) is 6.54 Å². The Morgan fingerprint density at radius 2 is 1.59 bits per heavy atom. The summed E-state index contributed by atoms with van der Waals surface area (Å²) >= 11 is 0. The standard InChI is InChI=1S/C13H23NO2Si/c1-17(2,3)13-6-4-11(5-7-13)8-14-12(9-15)10-16/h4-7,12,14-16H,8-10H2,1-3H3.